The Kier molecular flexibility index (Phi) is 4.22. The molecule has 0 saturated carbocycles. The Balaban J connectivity index is 2.03. The maximum absolute atomic E-state index is 12.2. The van der Waals surface area contributed by atoms with E-state index in [1.807, 2.05) is 17.5 Å². The second-order valence-corrected chi connectivity index (χ2v) is 7.82. The lowest BCUT2D eigenvalue weighted by Gasteiger charge is -2.23. The molecule has 0 amide bonds. The van der Waals surface area contributed by atoms with Crippen LogP contribution in [0.4, 0.5) is 0 Å². The first-order valence-corrected chi connectivity index (χ1v) is 8.55. The fraction of sp³-hybridized carbons (Fsp3) is 0.667. The van der Waals surface area contributed by atoms with Crippen molar-refractivity contribution in [2.45, 2.75) is 37.5 Å². The molecule has 17 heavy (non-hydrogen) atoms. The van der Waals surface area contributed by atoms with E-state index < -0.39 is 15.1 Å². The smallest absolute Gasteiger partial charge is 0.160 e. The van der Waals surface area contributed by atoms with Gasteiger partial charge < -0.3 is 4.74 Å². The number of rotatable bonds is 4. The molecule has 2 atom stereocenters. The number of hydrogen-bond acceptors (Lipinski definition) is 4. The summed E-state index contributed by atoms with van der Waals surface area (Å²) in [4.78, 5) is 0.917. The number of sulfone groups is 1. The fourth-order valence-corrected chi connectivity index (χ4v) is 4.81. The van der Waals surface area contributed by atoms with E-state index >= 15 is 0 Å². The second kappa shape index (κ2) is 5.50. The molecule has 3 nitrogen and oxygen atoms in total. The molecule has 0 aromatic carbocycles. The van der Waals surface area contributed by atoms with Crippen LogP contribution in [0.1, 0.15) is 36.3 Å². The zero-order chi connectivity index (χ0) is 12.3. The van der Waals surface area contributed by atoms with E-state index in [1.165, 1.54) is 11.3 Å². The molecule has 5 heteroatoms. The summed E-state index contributed by atoms with van der Waals surface area (Å²) < 4.78 is 30.0. The number of ether oxygens (including phenoxy) is 1. The van der Waals surface area contributed by atoms with Gasteiger partial charge in [-0.15, -0.1) is 11.3 Å². The molecule has 0 N–H and O–H groups in total. The van der Waals surface area contributed by atoms with Crippen LogP contribution in [0.15, 0.2) is 17.5 Å². The first kappa shape index (κ1) is 13.1. The van der Waals surface area contributed by atoms with Crippen LogP contribution in [-0.2, 0) is 14.6 Å². The molecule has 1 aliphatic rings. The van der Waals surface area contributed by atoms with E-state index in [-0.39, 0.29) is 11.9 Å². The zero-order valence-corrected chi connectivity index (χ0v) is 11.6. The molecule has 1 aromatic heterocycles. The van der Waals surface area contributed by atoms with Crippen molar-refractivity contribution in [1.29, 1.82) is 0 Å². The summed E-state index contributed by atoms with van der Waals surface area (Å²) >= 11 is 1.50. The van der Waals surface area contributed by atoms with Gasteiger partial charge in [0.15, 0.2) is 9.84 Å². The van der Waals surface area contributed by atoms with Crippen LogP contribution in [0, 0.1) is 0 Å². The summed E-state index contributed by atoms with van der Waals surface area (Å²) in [6.07, 6.45) is 2.90. The summed E-state index contributed by atoms with van der Waals surface area (Å²) in [5.41, 5.74) is 0. The molecule has 1 aliphatic heterocycles. The van der Waals surface area contributed by atoms with E-state index in [0.29, 0.717) is 6.61 Å². The molecule has 2 unspecified atom stereocenters. The Bertz CT molecular complexity index is 430. The van der Waals surface area contributed by atoms with Gasteiger partial charge in [0.2, 0.25) is 0 Å². The second-order valence-electron chi connectivity index (χ2n) is 4.48. The highest BCUT2D eigenvalue weighted by atomic mass is 32.2. The minimum Gasteiger partial charge on any atom is -0.377 e. The lowest BCUT2D eigenvalue weighted by Crippen LogP contribution is -2.29. The van der Waals surface area contributed by atoms with Crippen molar-refractivity contribution in [3.05, 3.63) is 22.4 Å². The third-order valence-corrected chi connectivity index (χ3v) is 6.55. The van der Waals surface area contributed by atoms with Gasteiger partial charge >= 0.3 is 0 Å². The van der Waals surface area contributed by atoms with E-state index in [9.17, 15) is 8.42 Å². The molecular weight excluding hydrogens is 256 g/mol. The van der Waals surface area contributed by atoms with Crippen molar-refractivity contribution in [3.8, 4) is 0 Å². The van der Waals surface area contributed by atoms with Crippen LogP contribution < -0.4 is 0 Å². The van der Waals surface area contributed by atoms with Gasteiger partial charge in [0.1, 0.15) is 0 Å². The molecule has 2 heterocycles. The average Bonchev–Trinajstić information content (AvgIpc) is 2.82. The Morgan fingerprint density at radius 2 is 2.35 bits per heavy atom. The molecule has 0 bridgehead atoms. The highest BCUT2D eigenvalue weighted by Gasteiger charge is 2.28. The molecule has 0 radical (unpaired) electrons. The van der Waals surface area contributed by atoms with Gasteiger partial charge in [-0.3, -0.25) is 0 Å². The van der Waals surface area contributed by atoms with Gasteiger partial charge in [-0.25, -0.2) is 8.42 Å². The maximum atomic E-state index is 12.2. The molecule has 96 valence electrons. The molecule has 1 aromatic rings. The Morgan fingerprint density at radius 1 is 1.53 bits per heavy atom. The number of hydrogen-bond donors (Lipinski definition) is 0. The molecule has 1 fully saturated rings. The topological polar surface area (TPSA) is 43.4 Å². The van der Waals surface area contributed by atoms with Crippen molar-refractivity contribution >= 4 is 21.2 Å². The zero-order valence-electron chi connectivity index (χ0n) is 9.96. The van der Waals surface area contributed by atoms with Gasteiger partial charge in [0.25, 0.3) is 0 Å². The standard InChI is InChI=1S/C12H18O3S2/c1-10(12-6-4-8-16-12)17(13,14)9-11-5-2-3-7-15-11/h4,6,8,10-11H,2-3,5,7,9H2,1H3. The third kappa shape index (κ3) is 3.30. The average molecular weight is 274 g/mol. The van der Waals surface area contributed by atoms with Crippen molar-refractivity contribution in [3.63, 3.8) is 0 Å². The minimum absolute atomic E-state index is 0.101. The van der Waals surface area contributed by atoms with Crippen molar-refractivity contribution < 1.29 is 13.2 Å². The number of thiophene rings is 1. The van der Waals surface area contributed by atoms with E-state index in [4.69, 9.17) is 4.74 Å². The van der Waals surface area contributed by atoms with Crippen LogP contribution in [0.5, 0.6) is 0 Å². The van der Waals surface area contributed by atoms with Gasteiger partial charge in [0, 0.05) is 11.5 Å². The molecule has 0 aliphatic carbocycles. The van der Waals surface area contributed by atoms with E-state index in [0.717, 1.165) is 24.1 Å². The van der Waals surface area contributed by atoms with Crippen molar-refractivity contribution in [1.82, 2.24) is 0 Å². The summed E-state index contributed by atoms with van der Waals surface area (Å²) in [6.45, 7) is 2.47. The summed E-state index contributed by atoms with van der Waals surface area (Å²) in [6, 6.07) is 3.78. The normalized spacial score (nSPS) is 23.5. The molecule has 2 rings (SSSR count). The molecular formula is C12H18O3S2. The van der Waals surface area contributed by atoms with Crippen molar-refractivity contribution in [2.24, 2.45) is 0 Å². The largest absolute Gasteiger partial charge is 0.377 e. The van der Waals surface area contributed by atoms with Gasteiger partial charge in [-0.05, 0) is 37.6 Å². The monoisotopic (exact) mass is 274 g/mol. The van der Waals surface area contributed by atoms with Crippen LogP contribution in [-0.4, -0.2) is 26.9 Å². The highest BCUT2D eigenvalue weighted by molar-refractivity contribution is 7.91. The lowest BCUT2D eigenvalue weighted by atomic mass is 10.1. The SMILES string of the molecule is CC(c1cccs1)S(=O)(=O)CC1CCCCO1. The quantitative estimate of drug-likeness (QED) is 0.848. The van der Waals surface area contributed by atoms with Crippen molar-refractivity contribution in [2.75, 3.05) is 12.4 Å². The van der Waals surface area contributed by atoms with Crippen LogP contribution in [0.3, 0.4) is 0 Å². The predicted octanol–water partition coefficient (Wildman–Crippen LogP) is 2.79. The van der Waals surface area contributed by atoms with Crippen LogP contribution in [0.2, 0.25) is 0 Å². The van der Waals surface area contributed by atoms with Crippen LogP contribution >= 0.6 is 11.3 Å². The minimum atomic E-state index is -3.10. The Labute approximate surface area is 107 Å². The Hall–Kier alpha value is -0.390. The molecule has 0 spiro atoms. The summed E-state index contributed by atoms with van der Waals surface area (Å²) in [5, 5.41) is 1.51. The van der Waals surface area contributed by atoms with E-state index in [1.54, 1.807) is 6.92 Å². The van der Waals surface area contributed by atoms with Gasteiger partial charge in [-0.1, -0.05) is 6.07 Å². The Morgan fingerprint density at radius 3 is 2.94 bits per heavy atom. The third-order valence-electron chi connectivity index (χ3n) is 3.17. The summed E-state index contributed by atoms with van der Waals surface area (Å²) in [5.74, 6) is 0.159. The molecule has 1 saturated heterocycles. The van der Waals surface area contributed by atoms with Gasteiger partial charge in [-0.2, -0.15) is 0 Å². The predicted molar refractivity (Wildman–Crippen MR) is 70.1 cm³/mol. The van der Waals surface area contributed by atoms with Gasteiger partial charge in [0.05, 0.1) is 17.1 Å². The van der Waals surface area contributed by atoms with E-state index in [2.05, 4.69) is 0 Å². The fourth-order valence-electron chi connectivity index (χ4n) is 2.04. The lowest BCUT2D eigenvalue weighted by molar-refractivity contribution is 0.0304. The van der Waals surface area contributed by atoms with Crippen LogP contribution in [0.25, 0.3) is 0 Å². The highest BCUT2D eigenvalue weighted by Crippen LogP contribution is 2.28. The first-order valence-electron chi connectivity index (χ1n) is 5.96. The first-order chi connectivity index (χ1) is 8.09. The summed E-state index contributed by atoms with van der Waals surface area (Å²) in [7, 11) is -3.10. The maximum Gasteiger partial charge on any atom is 0.160 e.